The highest BCUT2D eigenvalue weighted by molar-refractivity contribution is 5.09. The third kappa shape index (κ3) is 6.02. The van der Waals surface area contributed by atoms with Crippen LogP contribution in [0.5, 0.6) is 0 Å². The summed E-state index contributed by atoms with van der Waals surface area (Å²) in [5, 5.41) is 0. The fourth-order valence-electron chi connectivity index (χ4n) is 6.87. The first kappa shape index (κ1) is 22.2. The maximum Gasteiger partial charge on any atom is 0.0952 e. The van der Waals surface area contributed by atoms with Crippen molar-refractivity contribution in [3.05, 3.63) is 11.8 Å². The molecule has 2 saturated carbocycles. The number of ether oxygens (including phenoxy) is 1. The normalized spacial score (nSPS) is 36.8. The van der Waals surface area contributed by atoms with Gasteiger partial charge in [-0.15, -0.1) is 0 Å². The van der Waals surface area contributed by atoms with Gasteiger partial charge in [0.25, 0.3) is 0 Å². The summed E-state index contributed by atoms with van der Waals surface area (Å²) in [6.45, 7) is 4.67. The predicted octanol–water partition coefficient (Wildman–Crippen LogP) is 8.54. The van der Waals surface area contributed by atoms with Gasteiger partial charge in [-0.1, -0.05) is 78.1 Å². The topological polar surface area (TPSA) is 9.23 Å². The lowest BCUT2D eigenvalue weighted by Gasteiger charge is -2.40. The fourth-order valence-corrected chi connectivity index (χ4v) is 6.87. The van der Waals surface area contributed by atoms with Crippen molar-refractivity contribution in [1.29, 1.82) is 0 Å². The van der Waals surface area contributed by atoms with Crippen molar-refractivity contribution >= 4 is 0 Å². The third-order valence-electron chi connectivity index (χ3n) is 8.66. The Morgan fingerprint density at radius 1 is 0.714 bits per heavy atom. The monoisotopic (exact) mass is 388 g/mol. The van der Waals surface area contributed by atoms with Gasteiger partial charge in [-0.25, -0.2) is 0 Å². The quantitative estimate of drug-likeness (QED) is 0.359. The van der Waals surface area contributed by atoms with Crippen LogP contribution in [0, 0.1) is 35.5 Å². The number of allylic oxidation sites excluding steroid dienone is 2. The van der Waals surface area contributed by atoms with Gasteiger partial charge >= 0.3 is 0 Å². The molecule has 1 heteroatoms. The van der Waals surface area contributed by atoms with Gasteiger partial charge in [0.1, 0.15) is 0 Å². The molecule has 0 N–H and O–H groups in total. The van der Waals surface area contributed by atoms with Gasteiger partial charge in [-0.2, -0.15) is 0 Å². The fraction of sp³-hybridized carbons (Fsp3) is 0.926. The van der Waals surface area contributed by atoms with Gasteiger partial charge in [0.05, 0.1) is 12.9 Å². The molecule has 0 aliphatic heterocycles. The summed E-state index contributed by atoms with van der Waals surface area (Å²) in [5.74, 6) is 6.79. The highest BCUT2D eigenvalue weighted by atomic mass is 16.5. The molecular weight excluding hydrogens is 340 g/mol. The van der Waals surface area contributed by atoms with Crippen LogP contribution < -0.4 is 0 Å². The Kier molecular flexibility index (Phi) is 9.25. The van der Waals surface area contributed by atoms with Crippen molar-refractivity contribution < 1.29 is 4.74 Å². The van der Waals surface area contributed by atoms with E-state index in [-0.39, 0.29) is 0 Å². The minimum Gasteiger partial charge on any atom is -0.501 e. The average Bonchev–Trinajstić information content (AvgIpc) is 2.75. The number of unbranched alkanes of at least 4 members (excludes halogenated alkanes) is 2. The van der Waals surface area contributed by atoms with Crippen LogP contribution in [0.15, 0.2) is 11.8 Å². The first-order valence-electron chi connectivity index (χ1n) is 13.0. The highest BCUT2D eigenvalue weighted by Gasteiger charge is 2.36. The van der Waals surface area contributed by atoms with Crippen molar-refractivity contribution in [3.8, 4) is 0 Å². The Bertz CT molecular complexity index is 451. The van der Waals surface area contributed by atoms with Gasteiger partial charge in [-0.3, -0.25) is 0 Å². The van der Waals surface area contributed by atoms with Crippen LogP contribution in [0.4, 0.5) is 0 Å². The predicted molar refractivity (Wildman–Crippen MR) is 121 cm³/mol. The Labute approximate surface area is 176 Å². The minimum absolute atomic E-state index is 0.731. The zero-order chi connectivity index (χ0) is 19.8. The second-order valence-electron chi connectivity index (χ2n) is 10.5. The van der Waals surface area contributed by atoms with Crippen LogP contribution in [0.2, 0.25) is 0 Å². The average molecular weight is 389 g/mol. The van der Waals surface area contributed by atoms with Gasteiger partial charge in [0.15, 0.2) is 0 Å². The Balaban J connectivity index is 1.48. The third-order valence-corrected chi connectivity index (χ3v) is 8.66. The molecule has 162 valence electrons. The maximum absolute atomic E-state index is 6.00. The van der Waals surface area contributed by atoms with Crippen LogP contribution in [0.3, 0.4) is 0 Å². The smallest absolute Gasteiger partial charge is 0.0952 e. The molecule has 0 aromatic carbocycles. The molecule has 3 rings (SSSR count). The van der Waals surface area contributed by atoms with E-state index in [4.69, 9.17) is 4.74 Å². The summed E-state index contributed by atoms with van der Waals surface area (Å²) in [4.78, 5) is 0. The van der Waals surface area contributed by atoms with E-state index in [1.165, 1.54) is 108 Å². The van der Waals surface area contributed by atoms with Gasteiger partial charge < -0.3 is 4.74 Å². The number of methoxy groups -OCH3 is 1. The maximum atomic E-state index is 6.00. The molecule has 28 heavy (non-hydrogen) atoms. The van der Waals surface area contributed by atoms with E-state index < -0.39 is 0 Å². The standard InChI is InChI=1S/C27H48O/c1-4-6-7-9-22-10-14-23(15-11-22)25-18-19-26(27(20-25)28-3)24-16-12-21(8-5-2)13-17-24/h20-26H,4-19H2,1-3H3. The summed E-state index contributed by atoms with van der Waals surface area (Å²) < 4.78 is 6.00. The second kappa shape index (κ2) is 11.7. The number of hydrogen-bond donors (Lipinski definition) is 0. The van der Waals surface area contributed by atoms with E-state index in [2.05, 4.69) is 19.9 Å². The van der Waals surface area contributed by atoms with Crippen LogP contribution in [0.1, 0.15) is 117 Å². The SMILES string of the molecule is CCCCCC1CCC(C2C=C(OC)C(C3CCC(CCC)CC3)CC2)CC1. The summed E-state index contributed by atoms with van der Waals surface area (Å²) in [6.07, 6.45) is 25.8. The molecule has 0 saturated heterocycles. The summed E-state index contributed by atoms with van der Waals surface area (Å²) in [5.41, 5.74) is 0. The van der Waals surface area contributed by atoms with Crippen molar-refractivity contribution in [1.82, 2.24) is 0 Å². The molecule has 1 nitrogen and oxygen atoms in total. The van der Waals surface area contributed by atoms with Crippen LogP contribution >= 0.6 is 0 Å². The van der Waals surface area contributed by atoms with Crippen molar-refractivity contribution in [2.45, 2.75) is 117 Å². The lowest BCUT2D eigenvalue weighted by Crippen LogP contribution is -2.30. The Morgan fingerprint density at radius 3 is 1.96 bits per heavy atom. The molecular formula is C27H48O. The zero-order valence-electron chi connectivity index (χ0n) is 19.3. The Morgan fingerprint density at radius 2 is 1.36 bits per heavy atom. The van der Waals surface area contributed by atoms with Crippen LogP contribution in [-0.2, 0) is 4.74 Å². The molecule has 0 aromatic heterocycles. The van der Waals surface area contributed by atoms with Crippen molar-refractivity contribution in [3.63, 3.8) is 0 Å². The molecule has 0 aromatic rings. The van der Waals surface area contributed by atoms with Crippen LogP contribution in [0.25, 0.3) is 0 Å². The molecule has 2 unspecified atom stereocenters. The summed E-state index contributed by atoms with van der Waals surface area (Å²) >= 11 is 0. The van der Waals surface area contributed by atoms with Gasteiger partial charge in [0.2, 0.25) is 0 Å². The van der Waals surface area contributed by atoms with E-state index in [0.717, 1.165) is 35.5 Å². The lowest BCUT2D eigenvalue weighted by atomic mass is 9.67. The van der Waals surface area contributed by atoms with E-state index in [1.54, 1.807) is 0 Å². The molecule has 2 atom stereocenters. The van der Waals surface area contributed by atoms with E-state index in [1.807, 2.05) is 7.11 Å². The first-order chi connectivity index (χ1) is 13.7. The molecule has 3 aliphatic rings. The molecule has 0 bridgehead atoms. The van der Waals surface area contributed by atoms with E-state index in [0.29, 0.717) is 0 Å². The molecule has 0 amide bonds. The van der Waals surface area contributed by atoms with E-state index in [9.17, 15) is 0 Å². The molecule has 3 aliphatic carbocycles. The van der Waals surface area contributed by atoms with Crippen molar-refractivity contribution in [2.24, 2.45) is 35.5 Å². The number of rotatable bonds is 9. The molecule has 0 spiro atoms. The highest BCUT2D eigenvalue weighted by Crippen LogP contribution is 2.46. The second-order valence-corrected chi connectivity index (χ2v) is 10.5. The molecule has 0 radical (unpaired) electrons. The zero-order valence-corrected chi connectivity index (χ0v) is 19.3. The minimum atomic E-state index is 0.731. The molecule has 2 fully saturated rings. The van der Waals surface area contributed by atoms with Gasteiger partial charge in [-0.05, 0) is 74.2 Å². The number of hydrogen-bond acceptors (Lipinski definition) is 1. The van der Waals surface area contributed by atoms with E-state index >= 15 is 0 Å². The largest absolute Gasteiger partial charge is 0.501 e. The van der Waals surface area contributed by atoms with Gasteiger partial charge in [0, 0.05) is 5.92 Å². The summed E-state index contributed by atoms with van der Waals surface area (Å²) in [7, 11) is 1.94. The molecule has 0 heterocycles. The first-order valence-corrected chi connectivity index (χ1v) is 13.0. The summed E-state index contributed by atoms with van der Waals surface area (Å²) in [6, 6.07) is 0. The van der Waals surface area contributed by atoms with Crippen LogP contribution in [-0.4, -0.2) is 7.11 Å². The van der Waals surface area contributed by atoms with Crippen molar-refractivity contribution in [2.75, 3.05) is 7.11 Å². The Hall–Kier alpha value is -0.460. The lowest BCUT2D eigenvalue weighted by molar-refractivity contribution is 0.118.